The monoisotopic (exact) mass is 379 g/mol. The Morgan fingerprint density at radius 3 is 2.64 bits per heavy atom. The van der Waals surface area contributed by atoms with Crippen LogP contribution in [0.5, 0.6) is 0 Å². The third kappa shape index (κ3) is 3.86. The van der Waals surface area contributed by atoms with Crippen molar-refractivity contribution in [3.63, 3.8) is 0 Å². The lowest BCUT2D eigenvalue weighted by molar-refractivity contribution is -0.384. The van der Waals surface area contributed by atoms with E-state index in [4.69, 9.17) is 0 Å². The summed E-state index contributed by atoms with van der Waals surface area (Å²) >= 11 is 0. The molecule has 1 fully saturated rings. The fourth-order valence-corrected chi connectivity index (χ4v) is 3.55. The number of hydrogen-bond acceptors (Lipinski definition) is 5. The van der Waals surface area contributed by atoms with Crippen molar-refractivity contribution in [2.75, 3.05) is 13.1 Å². The average Bonchev–Trinajstić information content (AvgIpc) is 3.12. The van der Waals surface area contributed by atoms with Crippen molar-refractivity contribution in [1.29, 1.82) is 0 Å². The number of nitro groups is 1. The Balaban J connectivity index is 1.36. The molecule has 1 saturated heterocycles. The van der Waals surface area contributed by atoms with Crippen LogP contribution in [0, 0.1) is 10.1 Å². The molecule has 0 radical (unpaired) electrons. The van der Waals surface area contributed by atoms with E-state index in [2.05, 4.69) is 15.3 Å². The number of carbonyl (C=O) groups is 1. The number of amides is 1. The van der Waals surface area contributed by atoms with Crippen LogP contribution in [0.3, 0.4) is 0 Å². The van der Waals surface area contributed by atoms with Crippen molar-refractivity contribution in [2.45, 2.75) is 25.6 Å². The standard InChI is InChI=1S/C20H21N5O3/c26-20(15-4-2-1-3-5-15)22-17-8-10-23(11-9-17)14-24-19-12-18(25(27)28)7-6-16(19)13-21-24/h1-7,12-13,17H,8-11,14H2,(H,22,26). The molecule has 1 N–H and O–H groups in total. The van der Waals surface area contributed by atoms with Crippen LogP contribution >= 0.6 is 0 Å². The van der Waals surface area contributed by atoms with Crippen molar-refractivity contribution in [3.05, 3.63) is 70.4 Å². The normalized spacial score (nSPS) is 15.6. The van der Waals surface area contributed by atoms with Crippen molar-refractivity contribution in [2.24, 2.45) is 0 Å². The zero-order valence-electron chi connectivity index (χ0n) is 15.3. The molecule has 4 rings (SSSR count). The van der Waals surface area contributed by atoms with Gasteiger partial charge in [0.05, 0.1) is 23.3 Å². The molecule has 1 amide bonds. The summed E-state index contributed by atoms with van der Waals surface area (Å²) in [4.78, 5) is 25.2. The highest BCUT2D eigenvalue weighted by molar-refractivity contribution is 5.94. The minimum atomic E-state index is -0.391. The molecular weight excluding hydrogens is 358 g/mol. The molecule has 0 spiro atoms. The number of nitrogens with zero attached hydrogens (tertiary/aromatic N) is 4. The number of rotatable bonds is 5. The molecule has 2 heterocycles. The number of non-ortho nitro benzene ring substituents is 1. The number of piperidine rings is 1. The predicted molar refractivity (Wildman–Crippen MR) is 105 cm³/mol. The van der Waals surface area contributed by atoms with Gasteiger partial charge in [0.2, 0.25) is 0 Å². The fourth-order valence-electron chi connectivity index (χ4n) is 3.55. The van der Waals surface area contributed by atoms with Crippen molar-refractivity contribution < 1.29 is 9.72 Å². The van der Waals surface area contributed by atoms with Gasteiger partial charge in [0.25, 0.3) is 11.6 Å². The maximum Gasteiger partial charge on any atom is 0.271 e. The van der Waals surface area contributed by atoms with Gasteiger partial charge < -0.3 is 5.32 Å². The van der Waals surface area contributed by atoms with Crippen molar-refractivity contribution in [1.82, 2.24) is 20.0 Å². The van der Waals surface area contributed by atoms with Gasteiger partial charge in [-0.05, 0) is 31.0 Å². The highest BCUT2D eigenvalue weighted by Crippen LogP contribution is 2.21. The van der Waals surface area contributed by atoms with Crippen LogP contribution in [-0.2, 0) is 6.67 Å². The molecule has 1 aliphatic rings. The number of benzene rings is 2. The first-order valence-corrected chi connectivity index (χ1v) is 9.28. The van der Waals surface area contributed by atoms with Gasteiger partial charge in [-0.2, -0.15) is 5.10 Å². The smallest absolute Gasteiger partial charge is 0.271 e. The second kappa shape index (κ2) is 7.77. The largest absolute Gasteiger partial charge is 0.349 e. The van der Waals surface area contributed by atoms with E-state index in [1.807, 2.05) is 30.3 Å². The molecule has 28 heavy (non-hydrogen) atoms. The van der Waals surface area contributed by atoms with Crippen LogP contribution in [0.4, 0.5) is 5.69 Å². The van der Waals surface area contributed by atoms with Crippen LogP contribution < -0.4 is 5.32 Å². The highest BCUT2D eigenvalue weighted by atomic mass is 16.6. The summed E-state index contributed by atoms with van der Waals surface area (Å²) in [5.74, 6) is -0.0376. The second-order valence-corrected chi connectivity index (χ2v) is 7.02. The van der Waals surface area contributed by atoms with Gasteiger partial charge in [-0.25, -0.2) is 0 Å². The molecule has 0 aliphatic carbocycles. The molecule has 0 atom stereocenters. The SMILES string of the molecule is O=C(NC1CCN(Cn2ncc3ccc([N+](=O)[O-])cc32)CC1)c1ccccc1. The number of likely N-dealkylation sites (tertiary alicyclic amines) is 1. The van der Waals surface area contributed by atoms with E-state index in [-0.39, 0.29) is 17.6 Å². The minimum Gasteiger partial charge on any atom is -0.349 e. The molecule has 1 aliphatic heterocycles. The number of nitrogens with one attached hydrogen (secondary N) is 1. The van der Waals surface area contributed by atoms with E-state index in [0.717, 1.165) is 36.8 Å². The van der Waals surface area contributed by atoms with Gasteiger partial charge in [-0.15, -0.1) is 0 Å². The third-order valence-electron chi connectivity index (χ3n) is 5.13. The lowest BCUT2D eigenvalue weighted by Gasteiger charge is -2.32. The molecule has 1 aromatic heterocycles. The molecule has 0 bridgehead atoms. The number of fused-ring (bicyclic) bond motifs is 1. The van der Waals surface area contributed by atoms with Crippen molar-refractivity contribution >= 4 is 22.5 Å². The Labute approximate surface area is 161 Å². The first-order valence-electron chi connectivity index (χ1n) is 9.28. The quantitative estimate of drug-likeness (QED) is 0.543. The maximum absolute atomic E-state index is 12.3. The first-order chi connectivity index (χ1) is 13.6. The summed E-state index contributed by atoms with van der Waals surface area (Å²) in [5, 5.41) is 19.4. The number of hydrogen-bond donors (Lipinski definition) is 1. The minimum absolute atomic E-state index is 0.0376. The Kier molecular flexibility index (Phi) is 5.03. The van der Waals surface area contributed by atoms with E-state index in [1.165, 1.54) is 6.07 Å². The van der Waals surface area contributed by atoms with Gasteiger partial charge >= 0.3 is 0 Å². The van der Waals surface area contributed by atoms with Gasteiger partial charge in [0.1, 0.15) is 0 Å². The molecular formula is C20H21N5O3. The van der Waals surface area contributed by atoms with E-state index in [9.17, 15) is 14.9 Å². The van der Waals surface area contributed by atoms with Crippen LogP contribution in [0.2, 0.25) is 0 Å². The topological polar surface area (TPSA) is 93.3 Å². The molecule has 0 unspecified atom stereocenters. The zero-order valence-corrected chi connectivity index (χ0v) is 15.3. The zero-order chi connectivity index (χ0) is 19.5. The fraction of sp³-hybridized carbons (Fsp3) is 0.300. The summed E-state index contributed by atoms with van der Waals surface area (Å²) in [6.07, 6.45) is 3.45. The van der Waals surface area contributed by atoms with Gasteiger partial charge in [-0.1, -0.05) is 18.2 Å². The average molecular weight is 379 g/mol. The van der Waals surface area contributed by atoms with E-state index in [0.29, 0.717) is 12.2 Å². The Morgan fingerprint density at radius 1 is 1.18 bits per heavy atom. The van der Waals surface area contributed by atoms with Gasteiger partial charge in [-0.3, -0.25) is 24.5 Å². The Bertz CT molecular complexity index is 994. The lowest BCUT2D eigenvalue weighted by Crippen LogP contribution is -2.45. The molecule has 8 heteroatoms. The number of carbonyl (C=O) groups excluding carboxylic acids is 1. The van der Waals surface area contributed by atoms with Crippen LogP contribution in [-0.4, -0.2) is 44.6 Å². The predicted octanol–water partition coefficient (Wildman–Crippen LogP) is 2.80. The van der Waals surface area contributed by atoms with Crippen LogP contribution in [0.25, 0.3) is 10.9 Å². The van der Waals surface area contributed by atoms with E-state index >= 15 is 0 Å². The maximum atomic E-state index is 12.3. The van der Waals surface area contributed by atoms with Crippen LogP contribution in [0.1, 0.15) is 23.2 Å². The number of nitro benzene ring substituents is 1. The second-order valence-electron chi connectivity index (χ2n) is 7.02. The molecule has 8 nitrogen and oxygen atoms in total. The first kappa shape index (κ1) is 18.1. The lowest BCUT2D eigenvalue weighted by atomic mass is 10.0. The van der Waals surface area contributed by atoms with Crippen molar-refractivity contribution in [3.8, 4) is 0 Å². The molecule has 3 aromatic rings. The summed E-state index contributed by atoms with van der Waals surface area (Å²) in [7, 11) is 0. The summed E-state index contributed by atoms with van der Waals surface area (Å²) in [6.45, 7) is 2.23. The third-order valence-corrected chi connectivity index (χ3v) is 5.13. The van der Waals surface area contributed by atoms with E-state index < -0.39 is 4.92 Å². The van der Waals surface area contributed by atoms with E-state index in [1.54, 1.807) is 23.0 Å². The Hall–Kier alpha value is -3.26. The molecule has 144 valence electrons. The Morgan fingerprint density at radius 2 is 1.93 bits per heavy atom. The summed E-state index contributed by atoms with van der Waals surface area (Å²) in [5.41, 5.74) is 1.50. The number of aromatic nitrogens is 2. The van der Waals surface area contributed by atoms with Crippen LogP contribution in [0.15, 0.2) is 54.7 Å². The summed E-state index contributed by atoms with van der Waals surface area (Å²) < 4.78 is 1.80. The molecule has 2 aromatic carbocycles. The van der Waals surface area contributed by atoms with Gasteiger partial charge in [0, 0.05) is 42.2 Å². The highest BCUT2D eigenvalue weighted by Gasteiger charge is 2.22. The van der Waals surface area contributed by atoms with Gasteiger partial charge in [0.15, 0.2) is 0 Å². The molecule has 0 saturated carbocycles. The summed E-state index contributed by atoms with van der Waals surface area (Å²) in [6, 6.07) is 14.2.